The number of halogens is 8. The molecule has 0 aromatic carbocycles. The molecular weight excluding hydrogens is 1430 g/mol. The van der Waals surface area contributed by atoms with Crippen LogP contribution in [0.4, 0.5) is 35.1 Å². The van der Waals surface area contributed by atoms with E-state index < -0.39 is 31.1 Å². The van der Waals surface area contributed by atoms with Gasteiger partial charge in [-0.2, -0.15) is 26.3 Å². The van der Waals surface area contributed by atoms with Crippen molar-refractivity contribution in [1.29, 1.82) is 0 Å². The average molecular weight is 1640 g/mol. The van der Waals surface area contributed by atoms with Crippen LogP contribution in [0.3, 0.4) is 0 Å². The van der Waals surface area contributed by atoms with Crippen LogP contribution in [0.2, 0.25) is 0 Å². The number of rotatable bonds is 23. The second-order valence-corrected chi connectivity index (χ2v) is 47.2. The average Bonchev–Trinajstić information content (AvgIpc) is 1.61. The number of ether oxygens (including phenoxy) is 1. The molecule has 688 valence electrons. The SMILES string of the molecule is CC(C)(C)CC1CCOC1.CC(C)C1CC2CCC1C2.CC(C)C1CCC1.CC(C)C1CCCCC1.CC(C)C1C[C@@H]2C[C@@H]2C1.CC(C)CC(C)C.CC(C)CC1(C)CC1.CC(C)CC1CC1(C)C.CC(C)CC1CC1(F)F.CC(C)CC1CCCC1.CC(C)CCC(C)C.CC(C)CCC(F)(F)F.CC(C)CCCC(F)(F)F. The van der Waals surface area contributed by atoms with Gasteiger partial charge in [-0.05, 0) is 280 Å². The summed E-state index contributed by atoms with van der Waals surface area (Å²) in [4.78, 5) is 0. The van der Waals surface area contributed by atoms with E-state index >= 15 is 0 Å². The zero-order valence-electron chi connectivity index (χ0n) is 83.0. The molecule has 0 N–H and O–H groups in total. The van der Waals surface area contributed by atoms with Crippen molar-refractivity contribution in [2.75, 3.05) is 13.2 Å². The largest absolute Gasteiger partial charge is 0.389 e. The summed E-state index contributed by atoms with van der Waals surface area (Å²) in [5.41, 5.74) is 1.96. The first kappa shape index (κ1) is 115. The number of hydrogen-bond donors (Lipinski definition) is 0. The highest BCUT2D eigenvalue weighted by atomic mass is 19.4. The van der Waals surface area contributed by atoms with E-state index in [2.05, 4.69) is 194 Å². The molecule has 1 saturated heterocycles. The van der Waals surface area contributed by atoms with Crippen molar-refractivity contribution in [3.8, 4) is 0 Å². The number of fused-ring (bicyclic) bond motifs is 3. The maximum atomic E-state index is 12.2. The molecule has 10 aliphatic carbocycles. The van der Waals surface area contributed by atoms with Crippen LogP contribution in [-0.2, 0) is 4.74 Å². The summed E-state index contributed by atoms with van der Waals surface area (Å²) >= 11 is 0. The summed E-state index contributed by atoms with van der Waals surface area (Å²) in [6.07, 6.45) is 37.1. The fourth-order valence-corrected chi connectivity index (χ4v) is 18.7. The van der Waals surface area contributed by atoms with Crippen LogP contribution in [0.1, 0.15) is 473 Å². The summed E-state index contributed by atoms with van der Waals surface area (Å²) in [5.74, 6) is 20.3. The molecule has 2 bridgehead atoms. The van der Waals surface area contributed by atoms with Crippen molar-refractivity contribution in [3.05, 3.63) is 0 Å². The molecule has 9 atom stereocenters. The third-order valence-corrected chi connectivity index (χ3v) is 26.5. The lowest BCUT2D eigenvalue weighted by Gasteiger charge is -2.28. The van der Waals surface area contributed by atoms with Crippen molar-refractivity contribution < 1.29 is 39.9 Å². The Kier molecular flexibility index (Phi) is 60.0. The first-order chi connectivity index (χ1) is 52.3. The monoisotopic (exact) mass is 1640 g/mol. The van der Waals surface area contributed by atoms with Gasteiger partial charge in [0, 0.05) is 38.4 Å². The topological polar surface area (TPSA) is 9.23 Å². The normalized spacial score (nSPS) is 25.2. The van der Waals surface area contributed by atoms with Crippen molar-refractivity contribution in [1.82, 2.24) is 0 Å². The molecule has 0 radical (unpaired) electrons. The molecule has 9 heteroatoms. The third kappa shape index (κ3) is 67.9. The van der Waals surface area contributed by atoms with Gasteiger partial charge in [-0.15, -0.1) is 0 Å². The van der Waals surface area contributed by atoms with Gasteiger partial charge in [0.05, 0.1) is 0 Å². The minimum absolute atomic E-state index is 0.130. The highest BCUT2D eigenvalue weighted by molar-refractivity contribution is 4.97. The second kappa shape index (κ2) is 59.3. The number of alkyl halides is 8. The van der Waals surface area contributed by atoms with E-state index in [1.165, 1.54) is 160 Å². The second-order valence-electron chi connectivity index (χ2n) is 47.2. The molecule has 0 spiro atoms. The fourth-order valence-electron chi connectivity index (χ4n) is 18.7. The van der Waals surface area contributed by atoms with Gasteiger partial charge in [-0.25, -0.2) is 8.78 Å². The Morgan fingerprint density at radius 2 is 0.789 bits per heavy atom. The third-order valence-electron chi connectivity index (χ3n) is 26.5. The van der Waals surface area contributed by atoms with E-state index in [4.69, 9.17) is 4.74 Å². The molecule has 1 aliphatic heterocycles. The van der Waals surface area contributed by atoms with Gasteiger partial charge in [-0.1, -0.05) is 338 Å². The Hall–Kier alpha value is -0.600. The molecule has 1 nitrogen and oxygen atoms in total. The minimum Gasteiger partial charge on any atom is -0.381 e. The molecule has 7 unspecified atom stereocenters. The molecular formula is C105H206F8O. The van der Waals surface area contributed by atoms with Crippen molar-refractivity contribution in [3.63, 3.8) is 0 Å². The predicted octanol–water partition coefficient (Wildman–Crippen LogP) is 37.8. The first-order valence-corrected chi connectivity index (χ1v) is 49.4. The Morgan fingerprint density at radius 3 is 1.01 bits per heavy atom. The van der Waals surface area contributed by atoms with Gasteiger partial charge in [0.15, 0.2) is 0 Å². The summed E-state index contributed by atoms with van der Waals surface area (Å²) in [7, 11) is 0. The maximum Gasteiger partial charge on any atom is 0.389 e. The smallest absolute Gasteiger partial charge is 0.381 e. The van der Waals surface area contributed by atoms with Crippen molar-refractivity contribution >= 4 is 0 Å². The highest BCUT2D eigenvalue weighted by Gasteiger charge is 2.56. The highest BCUT2D eigenvalue weighted by Crippen LogP contribution is 2.57. The molecule has 11 fully saturated rings. The molecule has 11 rings (SSSR count). The molecule has 11 aliphatic rings. The van der Waals surface area contributed by atoms with Gasteiger partial charge in [0.2, 0.25) is 0 Å². The van der Waals surface area contributed by atoms with Crippen LogP contribution in [0.25, 0.3) is 0 Å². The first-order valence-electron chi connectivity index (χ1n) is 49.4. The Balaban J connectivity index is 0. The fraction of sp³-hybridized carbons (Fsp3) is 1.00. The lowest BCUT2D eigenvalue weighted by atomic mass is 9.78. The van der Waals surface area contributed by atoms with Gasteiger partial charge in [-0.3, -0.25) is 0 Å². The Labute approximate surface area is 710 Å². The van der Waals surface area contributed by atoms with Crippen molar-refractivity contribution in [2.45, 2.75) is 491 Å². The van der Waals surface area contributed by atoms with Gasteiger partial charge in [0.25, 0.3) is 5.92 Å². The summed E-state index contributed by atoms with van der Waals surface area (Å²) < 4.78 is 98.4. The predicted molar refractivity (Wildman–Crippen MR) is 490 cm³/mol. The van der Waals surface area contributed by atoms with Crippen LogP contribution in [-0.4, -0.2) is 31.5 Å². The van der Waals surface area contributed by atoms with E-state index in [1.54, 1.807) is 58.8 Å². The zero-order chi connectivity index (χ0) is 88.3. The number of hydrogen-bond acceptors (Lipinski definition) is 1. The molecule has 10 saturated carbocycles. The molecule has 0 aromatic heterocycles. The van der Waals surface area contributed by atoms with Crippen LogP contribution < -0.4 is 0 Å². The molecule has 114 heavy (non-hydrogen) atoms. The van der Waals surface area contributed by atoms with E-state index in [9.17, 15) is 35.1 Å². The van der Waals surface area contributed by atoms with Crippen LogP contribution in [0.15, 0.2) is 0 Å². The standard InChI is InChI=1S/C10H18.C9H18O.C9H16.3C9H18.C8H16.C8H18.C7H13F3.C7H12F2.C7H14.C7H16.C6H11F3/c1-7(2)10-6-8-3-4-9(10)5-8;1-9(2,3)6-8-4-5-10-7-8;1-6(2)7-3-8-5-9(8)4-7;1-7(2)5-8-6-9(8,3)4;1-8(2)7-9-5-3-4-6-9;1-8(2)9-6-4-3-5-7-9;1-7(2)6-8(3)4-5-8;1-7(2)5-6-8(3)4;1-6(2)4-3-5-7(8,9)10;1-5(2)3-6-4-7(6,8)9;1-6(2)7-4-3-5-7;1-6(2)5-7(3)4;1-5(2)3-4-6(7,8)9/h7-10H,3-6H2,1-2H3;8H,4-7H2,1-3H3;6-9H,3-5H2,1-2H3;7-8H,5-6H2,1-4H3;2*8-9H,3-7H2,1-2H3;7H,4-6H2,1-3H3;7-8H,5-6H2,1-4H3;6H,3-5H2,1-2H3;5-6H,3-4H2,1-2H3;6-7H,3-5H2,1-2H3;6-7H,5H2,1-4H3;5H,3-4H2,1-2H3/t;;7?,8-,9+;;;;;;;;;;. The summed E-state index contributed by atoms with van der Waals surface area (Å²) in [6, 6.07) is 0. The van der Waals surface area contributed by atoms with Crippen LogP contribution >= 0.6 is 0 Å². The van der Waals surface area contributed by atoms with E-state index in [1.807, 2.05) is 27.7 Å². The van der Waals surface area contributed by atoms with Crippen LogP contribution in [0, 0.1) is 170 Å². The van der Waals surface area contributed by atoms with Gasteiger partial charge in [0.1, 0.15) is 0 Å². The van der Waals surface area contributed by atoms with Crippen molar-refractivity contribution in [2.24, 2.45) is 170 Å². The van der Waals surface area contributed by atoms with Gasteiger partial charge >= 0.3 is 12.4 Å². The van der Waals surface area contributed by atoms with E-state index in [-0.39, 0.29) is 31.1 Å². The van der Waals surface area contributed by atoms with E-state index in [0.717, 1.165) is 137 Å². The summed E-state index contributed by atoms with van der Waals surface area (Å²) in [6.45, 7) is 78.4. The Bertz CT molecular complexity index is 2120. The molecule has 0 aromatic rings. The lowest BCUT2D eigenvalue weighted by molar-refractivity contribution is -0.137. The molecule has 0 amide bonds. The van der Waals surface area contributed by atoms with Crippen LogP contribution in [0.5, 0.6) is 0 Å². The lowest BCUT2D eigenvalue weighted by Crippen LogP contribution is -2.16. The quantitative estimate of drug-likeness (QED) is 0.0927. The maximum absolute atomic E-state index is 12.2. The summed E-state index contributed by atoms with van der Waals surface area (Å²) in [5, 5.41) is 0. The zero-order valence-corrected chi connectivity index (χ0v) is 83.0. The van der Waals surface area contributed by atoms with E-state index in [0.29, 0.717) is 35.5 Å². The van der Waals surface area contributed by atoms with Gasteiger partial charge < -0.3 is 4.74 Å². The molecule has 1 heterocycles. The Morgan fingerprint density at radius 1 is 0.368 bits per heavy atom. The minimum atomic E-state index is -3.97.